The standard InChI is InChI=1S/C20H18OS/c1-15-9-8-10-16(2)20(15)22-19-14-7-6-13-18(19)21-17-11-4-3-5-12-17/h3-14H,1-2H3. The number of ether oxygens (including phenoxy) is 1. The molecule has 110 valence electrons. The van der Waals surface area contributed by atoms with Crippen LogP contribution in [-0.2, 0) is 0 Å². The highest BCUT2D eigenvalue weighted by Crippen LogP contribution is 2.39. The molecule has 0 aliphatic carbocycles. The molecule has 0 amide bonds. The van der Waals surface area contributed by atoms with Crippen molar-refractivity contribution in [3.05, 3.63) is 83.9 Å². The molecule has 0 spiro atoms. The summed E-state index contributed by atoms with van der Waals surface area (Å²) in [5.74, 6) is 1.75. The Balaban J connectivity index is 1.92. The van der Waals surface area contributed by atoms with Crippen LogP contribution in [-0.4, -0.2) is 0 Å². The molecule has 3 aromatic rings. The van der Waals surface area contributed by atoms with Gasteiger partial charge in [-0.2, -0.15) is 0 Å². The van der Waals surface area contributed by atoms with Crippen molar-refractivity contribution >= 4 is 11.8 Å². The SMILES string of the molecule is Cc1cccc(C)c1Sc1ccccc1Oc1ccccc1. The van der Waals surface area contributed by atoms with E-state index in [1.54, 1.807) is 11.8 Å². The lowest BCUT2D eigenvalue weighted by Gasteiger charge is -2.13. The second-order valence-electron chi connectivity index (χ2n) is 5.18. The van der Waals surface area contributed by atoms with Crippen molar-refractivity contribution < 1.29 is 4.74 Å². The van der Waals surface area contributed by atoms with Crippen LogP contribution in [0.1, 0.15) is 11.1 Å². The molecular weight excluding hydrogens is 288 g/mol. The Hall–Kier alpha value is -2.19. The predicted molar refractivity (Wildman–Crippen MR) is 93.0 cm³/mol. The number of benzene rings is 3. The van der Waals surface area contributed by atoms with Crippen molar-refractivity contribution in [3.63, 3.8) is 0 Å². The summed E-state index contributed by atoms with van der Waals surface area (Å²) in [6, 6.07) is 24.5. The lowest BCUT2D eigenvalue weighted by molar-refractivity contribution is 0.471. The molecule has 0 aliphatic heterocycles. The molecule has 22 heavy (non-hydrogen) atoms. The first-order valence-corrected chi connectivity index (χ1v) is 8.12. The van der Waals surface area contributed by atoms with E-state index in [1.165, 1.54) is 16.0 Å². The first kappa shape index (κ1) is 14.7. The zero-order chi connectivity index (χ0) is 15.4. The van der Waals surface area contributed by atoms with Crippen molar-refractivity contribution in [3.8, 4) is 11.5 Å². The second kappa shape index (κ2) is 6.71. The average Bonchev–Trinajstić information content (AvgIpc) is 2.54. The molecule has 0 heterocycles. The van der Waals surface area contributed by atoms with Gasteiger partial charge in [0.05, 0.1) is 4.90 Å². The minimum Gasteiger partial charge on any atom is -0.456 e. The summed E-state index contributed by atoms with van der Waals surface area (Å²) in [5, 5.41) is 0. The highest BCUT2D eigenvalue weighted by Gasteiger charge is 2.09. The Morgan fingerprint density at radius 3 is 2.05 bits per heavy atom. The fourth-order valence-electron chi connectivity index (χ4n) is 2.30. The Morgan fingerprint density at radius 2 is 1.32 bits per heavy atom. The Morgan fingerprint density at radius 1 is 0.682 bits per heavy atom. The Kier molecular flexibility index (Phi) is 4.50. The molecule has 0 aliphatic rings. The smallest absolute Gasteiger partial charge is 0.141 e. The zero-order valence-electron chi connectivity index (χ0n) is 12.7. The Bertz CT molecular complexity index is 745. The van der Waals surface area contributed by atoms with Crippen LogP contribution in [0.25, 0.3) is 0 Å². The van der Waals surface area contributed by atoms with E-state index in [0.29, 0.717) is 0 Å². The zero-order valence-corrected chi connectivity index (χ0v) is 13.6. The second-order valence-corrected chi connectivity index (χ2v) is 6.24. The molecule has 1 nitrogen and oxygen atoms in total. The fraction of sp³-hybridized carbons (Fsp3) is 0.100. The van der Waals surface area contributed by atoms with Gasteiger partial charge in [-0.05, 0) is 49.2 Å². The van der Waals surface area contributed by atoms with Crippen molar-refractivity contribution in [2.75, 3.05) is 0 Å². The summed E-state index contributed by atoms with van der Waals surface area (Å²) >= 11 is 1.76. The van der Waals surface area contributed by atoms with Crippen LogP contribution in [0.2, 0.25) is 0 Å². The van der Waals surface area contributed by atoms with Crippen LogP contribution in [0.15, 0.2) is 82.6 Å². The molecule has 0 saturated heterocycles. The van der Waals surface area contributed by atoms with Gasteiger partial charge >= 0.3 is 0 Å². The van der Waals surface area contributed by atoms with Gasteiger partial charge in [-0.3, -0.25) is 0 Å². The lowest BCUT2D eigenvalue weighted by atomic mass is 10.2. The van der Waals surface area contributed by atoms with E-state index in [4.69, 9.17) is 4.74 Å². The quantitative estimate of drug-likeness (QED) is 0.563. The van der Waals surface area contributed by atoms with Crippen LogP contribution >= 0.6 is 11.8 Å². The maximum absolute atomic E-state index is 6.04. The molecule has 3 rings (SSSR count). The summed E-state index contributed by atoms with van der Waals surface area (Å²) in [7, 11) is 0. The van der Waals surface area contributed by atoms with Gasteiger partial charge < -0.3 is 4.74 Å². The first-order valence-electron chi connectivity index (χ1n) is 7.30. The Labute approximate surface area is 136 Å². The molecule has 0 N–H and O–H groups in total. The summed E-state index contributed by atoms with van der Waals surface area (Å²) in [6.07, 6.45) is 0. The lowest BCUT2D eigenvalue weighted by Crippen LogP contribution is -1.89. The fourth-order valence-corrected chi connectivity index (χ4v) is 3.34. The van der Waals surface area contributed by atoms with Crippen LogP contribution in [0.4, 0.5) is 0 Å². The minimum atomic E-state index is 0.858. The van der Waals surface area contributed by atoms with E-state index in [2.05, 4.69) is 38.1 Å². The topological polar surface area (TPSA) is 9.23 Å². The van der Waals surface area contributed by atoms with Gasteiger partial charge in [-0.25, -0.2) is 0 Å². The van der Waals surface area contributed by atoms with Crippen molar-refractivity contribution in [1.29, 1.82) is 0 Å². The summed E-state index contributed by atoms with van der Waals surface area (Å²) in [6.45, 7) is 4.30. The average molecular weight is 306 g/mol. The molecule has 0 aromatic heterocycles. The molecule has 0 radical (unpaired) electrons. The van der Waals surface area contributed by atoms with E-state index in [-0.39, 0.29) is 0 Å². The van der Waals surface area contributed by atoms with Crippen LogP contribution in [0.3, 0.4) is 0 Å². The molecule has 0 saturated carbocycles. The highest BCUT2D eigenvalue weighted by atomic mass is 32.2. The number of hydrogen-bond donors (Lipinski definition) is 0. The maximum atomic E-state index is 6.04. The van der Waals surface area contributed by atoms with Gasteiger partial charge in [0.2, 0.25) is 0 Å². The van der Waals surface area contributed by atoms with E-state index in [0.717, 1.165) is 16.4 Å². The third kappa shape index (κ3) is 3.34. The molecule has 2 heteroatoms. The molecule has 0 atom stereocenters. The van der Waals surface area contributed by atoms with Crippen LogP contribution in [0, 0.1) is 13.8 Å². The van der Waals surface area contributed by atoms with E-state index >= 15 is 0 Å². The van der Waals surface area contributed by atoms with E-state index in [1.807, 2.05) is 48.5 Å². The molecule has 0 unspecified atom stereocenters. The number of aryl methyl sites for hydroxylation is 2. The van der Waals surface area contributed by atoms with Gasteiger partial charge in [-0.1, -0.05) is 60.3 Å². The number of para-hydroxylation sites is 2. The minimum absolute atomic E-state index is 0.858. The van der Waals surface area contributed by atoms with Gasteiger partial charge in [0.1, 0.15) is 11.5 Å². The largest absolute Gasteiger partial charge is 0.456 e. The number of rotatable bonds is 4. The molecule has 0 bridgehead atoms. The van der Waals surface area contributed by atoms with Gasteiger partial charge in [0.15, 0.2) is 0 Å². The van der Waals surface area contributed by atoms with Gasteiger partial charge in [-0.15, -0.1) is 0 Å². The molecular formula is C20H18OS. The highest BCUT2D eigenvalue weighted by molar-refractivity contribution is 7.99. The summed E-state index contributed by atoms with van der Waals surface area (Å²) in [4.78, 5) is 2.43. The van der Waals surface area contributed by atoms with Crippen LogP contribution in [0.5, 0.6) is 11.5 Å². The first-order chi connectivity index (χ1) is 10.7. The van der Waals surface area contributed by atoms with Crippen LogP contribution < -0.4 is 4.74 Å². The molecule has 0 fully saturated rings. The van der Waals surface area contributed by atoms with Crippen molar-refractivity contribution in [2.24, 2.45) is 0 Å². The molecule has 3 aromatic carbocycles. The summed E-state index contributed by atoms with van der Waals surface area (Å²) in [5.41, 5.74) is 2.58. The van der Waals surface area contributed by atoms with Crippen molar-refractivity contribution in [2.45, 2.75) is 23.6 Å². The normalized spacial score (nSPS) is 10.5. The van der Waals surface area contributed by atoms with Gasteiger partial charge in [0.25, 0.3) is 0 Å². The third-order valence-electron chi connectivity index (χ3n) is 3.44. The van der Waals surface area contributed by atoms with E-state index < -0.39 is 0 Å². The number of hydrogen-bond acceptors (Lipinski definition) is 2. The predicted octanol–water partition coefficient (Wildman–Crippen LogP) is 6.25. The third-order valence-corrected chi connectivity index (χ3v) is 4.85. The van der Waals surface area contributed by atoms with Gasteiger partial charge in [0, 0.05) is 4.90 Å². The van der Waals surface area contributed by atoms with Crippen molar-refractivity contribution in [1.82, 2.24) is 0 Å². The maximum Gasteiger partial charge on any atom is 0.141 e. The monoisotopic (exact) mass is 306 g/mol. The summed E-state index contributed by atoms with van der Waals surface area (Å²) < 4.78 is 6.04. The van der Waals surface area contributed by atoms with E-state index in [9.17, 15) is 0 Å².